The third-order valence-electron chi connectivity index (χ3n) is 2.78. The van der Waals surface area contributed by atoms with E-state index in [9.17, 15) is 4.79 Å². The van der Waals surface area contributed by atoms with Crippen molar-refractivity contribution < 1.29 is 24.5 Å². The molecule has 0 radical (unpaired) electrons. The van der Waals surface area contributed by atoms with Crippen LogP contribution in [0.5, 0.6) is 0 Å². The molecule has 0 spiro atoms. The number of carbonyl (C=O) groups is 1. The Morgan fingerprint density at radius 3 is 2.29 bits per heavy atom. The standard InChI is InChI=1S/C14H19N3O4/c1-9(15)21-13(16)11-7-5-10(6-8-11)12(19-3)14(18)17(2)20-4/h5-8,12,15-16H,1-4H3/p+1. The molecule has 0 fully saturated rings. The van der Waals surface area contributed by atoms with Crippen molar-refractivity contribution in [3.63, 3.8) is 0 Å². The number of nitrogens with zero attached hydrogens (tertiary/aromatic N) is 1. The summed E-state index contributed by atoms with van der Waals surface area (Å²) in [4.78, 5) is 16.9. The van der Waals surface area contributed by atoms with Gasteiger partial charge in [-0.2, -0.15) is 0 Å². The fourth-order valence-electron chi connectivity index (χ4n) is 1.66. The summed E-state index contributed by atoms with van der Waals surface area (Å²) in [6, 6.07) is 6.70. The molecule has 0 saturated heterocycles. The quantitative estimate of drug-likeness (QED) is 0.450. The van der Waals surface area contributed by atoms with Crippen molar-refractivity contribution in [2.24, 2.45) is 0 Å². The summed E-state index contributed by atoms with van der Waals surface area (Å²) in [7, 11) is 4.35. The number of rotatable bonds is 5. The van der Waals surface area contributed by atoms with Gasteiger partial charge in [0.2, 0.25) is 5.90 Å². The Bertz CT molecular complexity index is 528. The number of methoxy groups -OCH3 is 1. The lowest BCUT2D eigenvalue weighted by atomic mass is 10.1. The van der Waals surface area contributed by atoms with Crippen molar-refractivity contribution in [1.82, 2.24) is 5.06 Å². The molecule has 1 aromatic rings. The number of amides is 1. The molecule has 0 heterocycles. The minimum Gasteiger partial charge on any atom is -0.390 e. The molecule has 0 saturated carbocycles. The highest BCUT2D eigenvalue weighted by molar-refractivity contribution is 5.98. The number of nitrogens with two attached hydrogens (primary N) is 1. The minimum atomic E-state index is -0.776. The average Bonchev–Trinajstić information content (AvgIpc) is 2.47. The molecule has 21 heavy (non-hydrogen) atoms. The third kappa shape index (κ3) is 4.37. The predicted octanol–water partition coefficient (Wildman–Crippen LogP) is -0.0866. The second kappa shape index (κ2) is 7.51. The minimum absolute atomic E-state index is 0.0594. The molecule has 0 aliphatic carbocycles. The van der Waals surface area contributed by atoms with Crippen LogP contribution in [0.1, 0.15) is 24.2 Å². The number of ether oxygens (including phenoxy) is 2. The first-order valence-electron chi connectivity index (χ1n) is 6.21. The van der Waals surface area contributed by atoms with Crippen LogP contribution in [0.15, 0.2) is 24.3 Å². The number of nitrogens with one attached hydrogen (secondary N) is 1. The summed E-state index contributed by atoms with van der Waals surface area (Å²) in [6.07, 6.45) is -0.776. The normalized spacial score (nSPS) is 11.6. The molecule has 1 rings (SSSR count). The second-order valence-electron chi connectivity index (χ2n) is 4.30. The number of hydrogen-bond acceptors (Lipinski definition) is 5. The van der Waals surface area contributed by atoms with Crippen molar-refractivity contribution in [1.29, 1.82) is 5.41 Å². The van der Waals surface area contributed by atoms with Crippen LogP contribution in [0.2, 0.25) is 0 Å². The van der Waals surface area contributed by atoms with E-state index in [4.69, 9.17) is 25.1 Å². The first kappa shape index (κ1) is 16.8. The fourth-order valence-corrected chi connectivity index (χ4v) is 1.66. The van der Waals surface area contributed by atoms with E-state index < -0.39 is 6.10 Å². The van der Waals surface area contributed by atoms with E-state index in [1.165, 1.54) is 21.3 Å². The number of carbonyl (C=O) groups excluding carboxylic acids is 1. The smallest absolute Gasteiger partial charge is 0.336 e. The molecule has 3 N–H and O–H groups in total. The molecule has 0 aromatic heterocycles. The molecule has 0 bridgehead atoms. The maximum atomic E-state index is 12.1. The Morgan fingerprint density at radius 2 is 1.86 bits per heavy atom. The lowest BCUT2D eigenvalue weighted by Gasteiger charge is -2.21. The summed E-state index contributed by atoms with van der Waals surface area (Å²) in [6.45, 7) is 1.56. The van der Waals surface area contributed by atoms with Gasteiger partial charge in [-0.05, 0) is 17.7 Å². The van der Waals surface area contributed by atoms with E-state index in [2.05, 4.69) is 0 Å². The Balaban J connectivity index is 2.92. The molecule has 0 aliphatic rings. The molecule has 114 valence electrons. The van der Waals surface area contributed by atoms with Crippen LogP contribution in [-0.4, -0.2) is 44.0 Å². The lowest BCUT2D eigenvalue weighted by molar-refractivity contribution is -0.179. The van der Waals surface area contributed by atoms with Gasteiger partial charge in [0.1, 0.15) is 0 Å². The highest BCUT2D eigenvalue weighted by atomic mass is 16.7. The van der Waals surface area contributed by atoms with Crippen LogP contribution in [0, 0.1) is 5.41 Å². The van der Waals surface area contributed by atoms with E-state index in [0.717, 1.165) is 5.06 Å². The SMILES string of the molecule is COC(C(=O)N(C)OC)c1ccc(C(=N)OC(C)=[NH2+])cc1. The zero-order chi connectivity index (χ0) is 16.0. The van der Waals surface area contributed by atoms with Gasteiger partial charge >= 0.3 is 5.90 Å². The fraction of sp³-hybridized carbons (Fsp3) is 0.357. The summed E-state index contributed by atoms with van der Waals surface area (Å²) < 4.78 is 10.2. The van der Waals surface area contributed by atoms with Gasteiger partial charge in [-0.15, -0.1) is 0 Å². The Hall–Kier alpha value is -2.25. The maximum absolute atomic E-state index is 12.1. The summed E-state index contributed by atoms with van der Waals surface area (Å²) in [5.74, 6) is -0.197. The van der Waals surface area contributed by atoms with Crippen molar-refractivity contribution in [2.75, 3.05) is 21.3 Å². The van der Waals surface area contributed by atoms with Gasteiger partial charge in [0, 0.05) is 19.7 Å². The molecule has 0 aliphatic heterocycles. The number of benzene rings is 1. The summed E-state index contributed by atoms with van der Waals surface area (Å²) in [5.41, 5.74) is 1.20. The van der Waals surface area contributed by atoms with Gasteiger partial charge in [0.15, 0.2) is 6.10 Å². The Morgan fingerprint density at radius 1 is 1.29 bits per heavy atom. The van der Waals surface area contributed by atoms with Gasteiger partial charge in [-0.25, -0.2) is 10.5 Å². The van der Waals surface area contributed by atoms with Crippen molar-refractivity contribution in [2.45, 2.75) is 13.0 Å². The highest BCUT2D eigenvalue weighted by Crippen LogP contribution is 2.20. The number of hydrogen-bond donors (Lipinski definition) is 2. The molecule has 1 amide bonds. The molecular formula is C14H20N3O4+. The molecule has 1 unspecified atom stereocenters. The van der Waals surface area contributed by atoms with Crippen molar-refractivity contribution in [3.05, 3.63) is 35.4 Å². The Kier molecular flexibility index (Phi) is 6.01. The van der Waals surface area contributed by atoms with Gasteiger partial charge in [-0.1, -0.05) is 12.1 Å². The lowest BCUT2D eigenvalue weighted by Crippen LogP contribution is -2.40. The van der Waals surface area contributed by atoms with Crippen LogP contribution in [0.4, 0.5) is 0 Å². The maximum Gasteiger partial charge on any atom is 0.336 e. The molecule has 7 nitrogen and oxygen atoms in total. The Labute approximate surface area is 123 Å². The predicted molar refractivity (Wildman–Crippen MR) is 76.5 cm³/mol. The molecule has 1 aromatic carbocycles. The largest absolute Gasteiger partial charge is 0.390 e. The zero-order valence-corrected chi connectivity index (χ0v) is 12.5. The van der Waals surface area contributed by atoms with E-state index >= 15 is 0 Å². The van der Waals surface area contributed by atoms with Crippen molar-refractivity contribution >= 4 is 17.7 Å². The summed E-state index contributed by atoms with van der Waals surface area (Å²) in [5, 5.41) is 14.2. The molecule has 1 atom stereocenters. The first-order valence-corrected chi connectivity index (χ1v) is 6.21. The third-order valence-corrected chi connectivity index (χ3v) is 2.78. The van der Waals surface area contributed by atoms with Gasteiger partial charge < -0.3 is 9.47 Å². The molecular weight excluding hydrogens is 274 g/mol. The monoisotopic (exact) mass is 294 g/mol. The van der Waals surface area contributed by atoms with E-state index in [1.807, 2.05) is 0 Å². The summed E-state index contributed by atoms with van der Waals surface area (Å²) >= 11 is 0. The number of likely N-dealkylation sites (N-methyl/N-ethyl adjacent to an activating group) is 1. The number of hydroxylamine groups is 2. The zero-order valence-electron chi connectivity index (χ0n) is 12.5. The van der Waals surface area contributed by atoms with E-state index in [1.54, 1.807) is 31.2 Å². The van der Waals surface area contributed by atoms with Gasteiger partial charge in [0.25, 0.3) is 5.91 Å². The van der Waals surface area contributed by atoms with Gasteiger partial charge in [0.05, 0.1) is 14.0 Å². The van der Waals surface area contributed by atoms with Crippen LogP contribution < -0.4 is 5.41 Å². The topological polar surface area (TPSA) is 97.4 Å². The average molecular weight is 294 g/mol. The van der Waals surface area contributed by atoms with Crippen molar-refractivity contribution in [3.8, 4) is 0 Å². The second-order valence-corrected chi connectivity index (χ2v) is 4.30. The molecule has 7 heteroatoms. The van der Waals surface area contributed by atoms with E-state index in [0.29, 0.717) is 11.1 Å². The van der Waals surface area contributed by atoms with Crippen LogP contribution in [0.25, 0.3) is 0 Å². The highest BCUT2D eigenvalue weighted by Gasteiger charge is 2.24. The van der Waals surface area contributed by atoms with Gasteiger partial charge in [-0.3, -0.25) is 15.0 Å². The van der Waals surface area contributed by atoms with Crippen LogP contribution >= 0.6 is 0 Å². The van der Waals surface area contributed by atoms with Crippen LogP contribution in [0.3, 0.4) is 0 Å². The van der Waals surface area contributed by atoms with Crippen LogP contribution in [-0.2, 0) is 19.1 Å². The van der Waals surface area contributed by atoms with E-state index in [-0.39, 0.29) is 17.7 Å². The first-order chi connectivity index (χ1) is 9.90.